The van der Waals surface area contributed by atoms with Crippen molar-refractivity contribution in [2.45, 2.75) is 64.7 Å². The van der Waals surface area contributed by atoms with Gasteiger partial charge in [-0.05, 0) is 33.6 Å². The molecule has 1 aliphatic rings. The molecule has 0 aromatic carbocycles. The second-order valence-electron chi connectivity index (χ2n) is 6.47. The van der Waals surface area contributed by atoms with E-state index in [-0.39, 0.29) is 11.8 Å². The zero-order chi connectivity index (χ0) is 20.0. The first-order chi connectivity index (χ1) is 12.0. The van der Waals surface area contributed by atoms with Gasteiger partial charge in [-0.25, -0.2) is 0 Å². The molecule has 10 heteroatoms. The maximum Gasteiger partial charge on any atom is 0.245 e. The molecule has 26 heavy (non-hydrogen) atoms. The van der Waals surface area contributed by atoms with Crippen molar-refractivity contribution in [1.29, 1.82) is 0 Å². The van der Waals surface area contributed by atoms with Crippen LogP contribution in [0.2, 0.25) is 0 Å². The van der Waals surface area contributed by atoms with Gasteiger partial charge in [-0.2, -0.15) is 0 Å². The summed E-state index contributed by atoms with van der Waals surface area (Å²) in [7, 11) is 0. The molecular weight excluding hydrogens is 342 g/mol. The van der Waals surface area contributed by atoms with E-state index in [2.05, 4.69) is 16.0 Å². The third-order valence-corrected chi connectivity index (χ3v) is 4.17. The van der Waals surface area contributed by atoms with Crippen molar-refractivity contribution in [3.63, 3.8) is 0 Å². The maximum atomic E-state index is 12.5. The molecule has 5 N–H and O–H groups in total. The van der Waals surface area contributed by atoms with E-state index in [9.17, 15) is 24.0 Å². The van der Waals surface area contributed by atoms with Gasteiger partial charge in [0.1, 0.15) is 24.2 Å². The van der Waals surface area contributed by atoms with Crippen LogP contribution in [0.4, 0.5) is 0 Å². The Kier molecular flexibility index (Phi) is 7.54. The zero-order valence-corrected chi connectivity index (χ0v) is 15.5. The topological polar surface area (TPSA) is 151 Å². The molecule has 0 spiro atoms. The number of nitrogens with zero attached hydrogens (tertiary/aromatic N) is 1. The molecule has 0 unspecified atom stereocenters. The molecule has 0 saturated carbocycles. The van der Waals surface area contributed by atoms with Crippen molar-refractivity contribution >= 4 is 29.5 Å². The van der Waals surface area contributed by atoms with E-state index >= 15 is 0 Å². The normalized spacial score (nSPS) is 19.8. The smallest absolute Gasteiger partial charge is 0.245 e. The number of carbonyl (C=O) groups excluding carboxylic acids is 5. The Labute approximate surface area is 152 Å². The number of primary amides is 1. The van der Waals surface area contributed by atoms with Crippen LogP contribution in [-0.2, 0) is 24.0 Å². The van der Waals surface area contributed by atoms with Crippen LogP contribution in [-0.4, -0.2) is 65.1 Å². The highest BCUT2D eigenvalue weighted by molar-refractivity contribution is 5.95. The van der Waals surface area contributed by atoms with E-state index < -0.39 is 41.9 Å². The minimum absolute atomic E-state index is 0.333. The quantitative estimate of drug-likeness (QED) is 0.409. The van der Waals surface area contributed by atoms with Gasteiger partial charge in [0.15, 0.2) is 0 Å². The molecule has 1 aliphatic heterocycles. The Balaban J connectivity index is 2.67. The number of rotatable bonds is 7. The first-order valence-electron chi connectivity index (χ1n) is 8.52. The number of hydrogen-bond acceptors (Lipinski definition) is 5. The van der Waals surface area contributed by atoms with Gasteiger partial charge in [-0.1, -0.05) is 0 Å². The summed E-state index contributed by atoms with van der Waals surface area (Å²) >= 11 is 0. The van der Waals surface area contributed by atoms with Gasteiger partial charge in [-0.3, -0.25) is 24.0 Å². The first-order valence-corrected chi connectivity index (χ1v) is 8.52. The number of amides is 5. The third-order valence-electron chi connectivity index (χ3n) is 4.17. The highest BCUT2D eigenvalue weighted by Gasteiger charge is 2.37. The summed E-state index contributed by atoms with van der Waals surface area (Å²) in [5.74, 6) is -2.37. The van der Waals surface area contributed by atoms with E-state index in [1.165, 1.54) is 25.7 Å². The second kappa shape index (κ2) is 9.16. The standard InChI is InChI=1S/C16H27N5O5/c1-8(13(17)23)19-14(24)9(2)20-15(25)12-6-5-7-21(12)16(26)10(3)18-11(4)22/h8-10,12H,5-7H2,1-4H3,(H2,17,23)(H,18,22)(H,19,24)(H,20,25)/t8-,9+,10+,12-/m1/s1. The number of hydrogen-bond donors (Lipinski definition) is 4. The minimum Gasteiger partial charge on any atom is -0.368 e. The fourth-order valence-electron chi connectivity index (χ4n) is 2.70. The van der Waals surface area contributed by atoms with Gasteiger partial charge in [0.05, 0.1) is 0 Å². The molecule has 4 atom stereocenters. The van der Waals surface area contributed by atoms with Crippen molar-refractivity contribution in [2.75, 3.05) is 6.54 Å². The molecule has 1 rings (SSSR count). The van der Waals surface area contributed by atoms with E-state index in [0.717, 1.165) is 0 Å². The van der Waals surface area contributed by atoms with Crippen LogP contribution in [0.15, 0.2) is 0 Å². The van der Waals surface area contributed by atoms with Crippen molar-refractivity contribution in [2.24, 2.45) is 5.73 Å². The summed E-state index contributed by atoms with van der Waals surface area (Å²) in [5, 5.41) is 7.44. The Hall–Kier alpha value is -2.65. The molecule has 1 saturated heterocycles. The largest absolute Gasteiger partial charge is 0.368 e. The van der Waals surface area contributed by atoms with Crippen molar-refractivity contribution in [3.8, 4) is 0 Å². The Morgan fingerprint density at radius 1 is 0.962 bits per heavy atom. The first kappa shape index (κ1) is 21.4. The fourth-order valence-corrected chi connectivity index (χ4v) is 2.70. The summed E-state index contributed by atoms with van der Waals surface area (Å²) in [6.45, 7) is 6.18. The monoisotopic (exact) mass is 369 g/mol. The molecule has 1 fully saturated rings. The SMILES string of the molecule is CC(=O)N[C@@H](C)C(=O)N1CCC[C@@H]1C(=O)N[C@@H](C)C(=O)N[C@H](C)C(N)=O. The van der Waals surface area contributed by atoms with Gasteiger partial charge in [0, 0.05) is 13.5 Å². The second-order valence-corrected chi connectivity index (χ2v) is 6.47. The number of nitrogens with two attached hydrogens (primary N) is 1. The van der Waals surface area contributed by atoms with Crippen molar-refractivity contribution < 1.29 is 24.0 Å². The summed E-state index contributed by atoms with van der Waals surface area (Å²) < 4.78 is 0. The lowest BCUT2D eigenvalue weighted by atomic mass is 10.1. The van der Waals surface area contributed by atoms with Crippen LogP contribution in [0.1, 0.15) is 40.5 Å². The zero-order valence-electron chi connectivity index (χ0n) is 15.5. The molecule has 10 nitrogen and oxygen atoms in total. The van der Waals surface area contributed by atoms with E-state index in [4.69, 9.17) is 5.73 Å². The summed E-state index contributed by atoms with van der Waals surface area (Å²) in [6, 6.07) is -3.19. The molecule has 5 amide bonds. The predicted molar refractivity (Wildman–Crippen MR) is 92.4 cm³/mol. The number of likely N-dealkylation sites (tertiary alicyclic amines) is 1. The third kappa shape index (κ3) is 5.71. The van der Waals surface area contributed by atoms with Gasteiger partial charge in [-0.15, -0.1) is 0 Å². The van der Waals surface area contributed by atoms with Gasteiger partial charge in [0.25, 0.3) is 0 Å². The van der Waals surface area contributed by atoms with Crippen LogP contribution in [0.5, 0.6) is 0 Å². The highest BCUT2D eigenvalue weighted by atomic mass is 16.2. The molecule has 0 aromatic rings. The van der Waals surface area contributed by atoms with E-state index in [0.29, 0.717) is 19.4 Å². The van der Waals surface area contributed by atoms with Crippen LogP contribution >= 0.6 is 0 Å². The van der Waals surface area contributed by atoms with Crippen LogP contribution in [0, 0.1) is 0 Å². The lowest BCUT2D eigenvalue weighted by Crippen LogP contribution is -2.56. The Bertz CT molecular complexity index is 594. The number of carbonyl (C=O) groups is 5. The van der Waals surface area contributed by atoms with Crippen molar-refractivity contribution in [3.05, 3.63) is 0 Å². The molecule has 146 valence electrons. The highest BCUT2D eigenvalue weighted by Crippen LogP contribution is 2.18. The average Bonchev–Trinajstić information content (AvgIpc) is 3.02. The molecule has 1 heterocycles. The molecule has 0 bridgehead atoms. The minimum atomic E-state index is -0.894. The fraction of sp³-hybridized carbons (Fsp3) is 0.688. The number of nitrogens with one attached hydrogen (secondary N) is 3. The average molecular weight is 369 g/mol. The lowest BCUT2D eigenvalue weighted by Gasteiger charge is -2.28. The summed E-state index contributed by atoms with van der Waals surface area (Å²) in [5.41, 5.74) is 5.08. The summed E-state index contributed by atoms with van der Waals surface area (Å²) in [6.07, 6.45) is 1.12. The predicted octanol–water partition coefficient (Wildman–Crippen LogP) is -2.00. The summed E-state index contributed by atoms with van der Waals surface area (Å²) in [4.78, 5) is 60.4. The van der Waals surface area contributed by atoms with E-state index in [1.807, 2.05) is 0 Å². The van der Waals surface area contributed by atoms with Gasteiger partial charge in [0.2, 0.25) is 29.5 Å². The molecule has 0 radical (unpaired) electrons. The lowest BCUT2D eigenvalue weighted by molar-refractivity contribution is -0.141. The van der Waals surface area contributed by atoms with Gasteiger partial charge >= 0.3 is 0 Å². The van der Waals surface area contributed by atoms with Crippen LogP contribution < -0.4 is 21.7 Å². The van der Waals surface area contributed by atoms with Crippen LogP contribution in [0.3, 0.4) is 0 Å². The molecular formula is C16H27N5O5. The Morgan fingerprint density at radius 3 is 2.12 bits per heavy atom. The molecule has 0 aromatic heterocycles. The molecule has 0 aliphatic carbocycles. The van der Waals surface area contributed by atoms with Gasteiger partial charge < -0.3 is 26.6 Å². The maximum absolute atomic E-state index is 12.5. The van der Waals surface area contributed by atoms with E-state index in [1.54, 1.807) is 6.92 Å². The Morgan fingerprint density at radius 2 is 1.58 bits per heavy atom. The van der Waals surface area contributed by atoms with Crippen molar-refractivity contribution in [1.82, 2.24) is 20.9 Å². The van der Waals surface area contributed by atoms with Crippen LogP contribution in [0.25, 0.3) is 0 Å².